The Balaban J connectivity index is 1.94. The lowest BCUT2D eigenvalue weighted by Crippen LogP contribution is -2.44. The van der Waals surface area contributed by atoms with Gasteiger partial charge in [-0.25, -0.2) is 4.79 Å². The van der Waals surface area contributed by atoms with E-state index in [4.69, 9.17) is 23.2 Å². The van der Waals surface area contributed by atoms with E-state index in [0.29, 0.717) is 26.9 Å². The summed E-state index contributed by atoms with van der Waals surface area (Å²) in [4.78, 5) is 41.4. The van der Waals surface area contributed by atoms with Crippen molar-refractivity contribution in [2.24, 2.45) is 0 Å². The normalized spacial score (nSPS) is 17.3. The van der Waals surface area contributed by atoms with Crippen molar-refractivity contribution in [3.05, 3.63) is 99.0 Å². The van der Waals surface area contributed by atoms with Crippen LogP contribution in [0.25, 0.3) is 0 Å². The molecule has 8 heteroatoms. The molecule has 1 heterocycles. The number of nitrogens with one attached hydrogen (secondary N) is 1. The highest BCUT2D eigenvalue weighted by Gasteiger charge is 2.44. The molecule has 3 unspecified atom stereocenters. The molecular formula is C27H24Cl2N2O4. The Morgan fingerprint density at radius 2 is 1.54 bits per heavy atom. The van der Waals surface area contributed by atoms with E-state index >= 15 is 0 Å². The number of hydrogen-bond acceptors (Lipinski definition) is 3. The highest BCUT2D eigenvalue weighted by atomic mass is 35.5. The first kappa shape index (κ1) is 24.8. The van der Waals surface area contributed by atoms with Gasteiger partial charge in [0, 0.05) is 10.0 Å². The quantitative estimate of drug-likeness (QED) is 0.397. The number of halogens is 2. The van der Waals surface area contributed by atoms with Gasteiger partial charge in [-0.2, -0.15) is 0 Å². The highest BCUT2D eigenvalue weighted by Crippen LogP contribution is 2.39. The average molecular weight is 511 g/mol. The predicted octanol–water partition coefficient (Wildman–Crippen LogP) is 6.47. The van der Waals surface area contributed by atoms with Gasteiger partial charge in [-0.1, -0.05) is 67.4 Å². The first-order valence-corrected chi connectivity index (χ1v) is 12.0. The molecule has 0 saturated carbocycles. The third kappa shape index (κ3) is 4.90. The third-order valence-electron chi connectivity index (χ3n) is 6.36. The van der Waals surface area contributed by atoms with Crippen LogP contribution in [-0.4, -0.2) is 27.8 Å². The van der Waals surface area contributed by atoms with Crippen LogP contribution >= 0.6 is 23.2 Å². The molecule has 0 radical (unpaired) electrons. The van der Waals surface area contributed by atoms with Crippen LogP contribution in [0.4, 0.5) is 5.69 Å². The number of aliphatic carboxylic acids is 1. The van der Waals surface area contributed by atoms with Crippen molar-refractivity contribution >= 4 is 46.7 Å². The molecule has 0 spiro atoms. The van der Waals surface area contributed by atoms with Crippen LogP contribution in [0.2, 0.25) is 10.0 Å². The summed E-state index contributed by atoms with van der Waals surface area (Å²) in [6.45, 7) is 4.09. The molecule has 3 aromatic rings. The van der Waals surface area contributed by atoms with Gasteiger partial charge in [0.25, 0.3) is 11.8 Å². The fourth-order valence-electron chi connectivity index (χ4n) is 4.26. The topological polar surface area (TPSA) is 86.7 Å². The molecule has 3 atom stereocenters. The monoisotopic (exact) mass is 510 g/mol. The van der Waals surface area contributed by atoms with E-state index in [1.807, 2.05) is 19.9 Å². The molecule has 0 aromatic heterocycles. The molecule has 3 aromatic carbocycles. The number of nitrogens with zero attached hydrogens (tertiary/aromatic N) is 1. The number of fused-ring (bicyclic) bond motifs is 1. The first-order valence-electron chi connectivity index (χ1n) is 11.2. The number of carboxylic acid groups (broad SMARTS) is 1. The van der Waals surface area contributed by atoms with Gasteiger partial charge in [0.1, 0.15) is 6.04 Å². The average Bonchev–Trinajstić information content (AvgIpc) is 2.94. The second-order valence-electron chi connectivity index (χ2n) is 8.56. The third-order valence-corrected chi connectivity index (χ3v) is 6.86. The van der Waals surface area contributed by atoms with Crippen LogP contribution in [-0.2, 0) is 9.59 Å². The van der Waals surface area contributed by atoms with Gasteiger partial charge >= 0.3 is 5.97 Å². The number of rotatable bonds is 6. The van der Waals surface area contributed by atoms with Crippen molar-refractivity contribution in [1.82, 2.24) is 4.90 Å². The fraction of sp³-hybridized carbons (Fsp3) is 0.222. The van der Waals surface area contributed by atoms with Gasteiger partial charge in [0.15, 0.2) is 6.04 Å². The molecule has 180 valence electrons. The Morgan fingerprint density at radius 3 is 2.11 bits per heavy atom. The summed E-state index contributed by atoms with van der Waals surface area (Å²) in [5.41, 5.74) is 2.28. The molecule has 35 heavy (non-hydrogen) atoms. The van der Waals surface area contributed by atoms with Crippen LogP contribution < -0.4 is 5.32 Å². The molecule has 0 fully saturated rings. The molecule has 0 saturated heterocycles. The van der Waals surface area contributed by atoms with Crippen molar-refractivity contribution in [1.29, 1.82) is 0 Å². The second-order valence-corrected chi connectivity index (χ2v) is 9.44. The Labute approximate surface area is 213 Å². The zero-order chi connectivity index (χ0) is 25.3. The summed E-state index contributed by atoms with van der Waals surface area (Å²) in [6, 6.07) is 15.3. The minimum atomic E-state index is -1.44. The summed E-state index contributed by atoms with van der Waals surface area (Å²) in [5, 5.41) is 14.0. The van der Waals surface area contributed by atoms with Gasteiger partial charge in [-0.05, 0) is 65.4 Å². The van der Waals surface area contributed by atoms with E-state index in [-0.39, 0.29) is 11.5 Å². The van der Waals surface area contributed by atoms with E-state index in [1.165, 1.54) is 0 Å². The molecule has 1 aliphatic heterocycles. The summed E-state index contributed by atoms with van der Waals surface area (Å²) in [7, 11) is 0. The van der Waals surface area contributed by atoms with E-state index in [0.717, 1.165) is 16.9 Å². The maximum absolute atomic E-state index is 14.1. The molecule has 6 nitrogen and oxygen atoms in total. The lowest BCUT2D eigenvalue weighted by molar-refractivity contribution is -0.144. The number of carbonyl (C=O) groups excluding carboxylic acids is 2. The van der Waals surface area contributed by atoms with E-state index in [2.05, 4.69) is 5.32 Å². The number of carbonyl (C=O) groups is 3. The Hall–Kier alpha value is -3.35. The number of benzene rings is 3. The van der Waals surface area contributed by atoms with Gasteiger partial charge in [-0.3, -0.25) is 9.59 Å². The van der Waals surface area contributed by atoms with E-state index < -0.39 is 29.9 Å². The standard InChI is InChI=1S/C27H24Cl2N2O4/c1-3-15(2)18-8-13-22-21(14-18)26(33)31(24(27(34)35)17-6-11-20(29)12-7-17)23(25(32)30-22)16-4-9-19(28)10-5-16/h4-15,23-24H,3H2,1-2H3,(H,30,32)(H,34,35). The summed E-state index contributed by atoms with van der Waals surface area (Å²) >= 11 is 12.1. The number of anilines is 1. The maximum atomic E-state index is 14.1. The zero-order valence-electron chi connectivity index (χ0n) is 19.2. The molecule has 4 rings (SSSR count). The van der Waals surface area contributed by atoms with Crippen LogP contribution in [0.15, 0.2) is 66.7 Å². The second kappa shape index (κ2) is 10.1. The summed E-state index contributed by atoms with van der Waals surface area (Å²) < 4.78 is 0. The molecule has 1 aliphatic rings. The van der Waals surface area contributed by atoms with E-state index in [1.54, 1.807) is 60.7 Å². The number of carboxylic acids is 1. The van der Waals surface area contributed by atoms with Crippen LogP contribution in [0.5, 0.6) is 0 Å². The van der Waals surface area contributed by atoms with E-state index in [9.17, 15) is 19.5 Å². The lowest BCUT2D eigenvalue weighted by atomic mass is 9.94. The van der Waals surface area contributed by atoms with Crippen LogP contribution in [0.1, 0.15) is 65.3 Å². The van der Waals surface area contributed by atoms with Crippen molar-refractivity contribution in [2.75, 3.05) is 5.32 Å². The smallest absolute Gasteiger partial charge is 0.331 e. The van der Waals surface area contributed by atoms with Gasteiger partial charge in [0.05, 0.1) is 11.3 Å². The van der Waals surface area contributed by atoms with Crippen molar-refractivity contribution in [3.63, 3.8) is 0 Å². The SMILES string of the molecule is CCC(C)c1ccc2c(c1)C(=O)N(C(C(=O)O)c1ccc(Cl)cc1)C(c1ccc(Cl)cc1)C(=O)N2. The largest absolute Gasteiger partial charge is 0.479 e. The Kier molecular flexibility index (Phi) is 7.15. The first-order chi connectivity index (χ1) is 16.7. The molecule has 0 aliphatic carbocycles. The van der Waals surface area contributed by atoms with Crippen molar-refractivity contribution < 1.29 is 19.5 Å². The molecule has 0 bridgehead atoms. The fourth-order valence-corrected chi connectivity index (χ4v) is 4.52. The molecule has 2 amide bonds. The lowest BCUT2D eigenvalue weighted by Gasteiger charge is -2.34. The summed E-state index contributed by atoms with van der Waals surface area (Å²) in [5.74, 6) is -2.17. The zero-order valence-corrected chi connectivity index (χ0v) is 20.7. The molecule has 2 N–H and O–H groups in total. The van der Waals surface area contributed by atoms with Crippen LogP contribution in [0.3, 0.4) is 0 Å². The number of hydrogen-bond donors (Lipinski definition) is 2. The van der Waals surface area contributed by atoms with Crippen LogP contribution in [0, 0.1) is 0 Å². The minimum Gasteiger partial charge on any atom is -0.479 e. The van der Waals surface area contributed by atoms with Gasteiger partial charge < -0.3 is 15.3 Å². The highest BCUT2D eigenvalue weighted by molar-refractivity contribution is 6.30. The van der Waals surface area contributed by atoms with Gasteiger partial charge in [0.2, 0.25) is 0 Å². The Bertz CT molecular complexity index is 1280. The Morgan fingerprint density at radius 1 is 0.971 bits per heavy atom. The molecular weight excluding hydrogens is 487 g/mol. The van der Waals surface area contributed by atoms with Gasteiger partial charge in [-0.15, -0.1) is 0 Å². The summed E-state index contributed by atoms with van der Waals surface area (Å²) in [6.07, 6.45) is 0.860. The predicted molar refractivity (Wildman–Crippen MR) is 136 cm³/mol. The number of amides is 2. The maximum Gasteiger partial charge on any atom is 0.331 e. The van der Waals surface area contributed by atoms with Crippen molar-refractivity contribution in [2.45, 2.75) is 38.3 Å². The minimum absolute atomic E-state index is 0.180. The van der Waals surface area contributed by atoms with Crippen molar-refractivity contribution in [3.8, 4) is 0 Å².